The minimum atomic E-state index is -4.44. The van der Waals surface area contributed by atoms with Crippen LogP contribution in [0.2, 0.25) is 0 Å². The Bertz CT molecular complexity index is 4880. The molecule has 14 nitrogen and oxygen atoms in total. The molecule has 536 valence electrons. The van der Waals surface area contributed by atoms with Gasteiger partial charge in [0, 0.05) is 83.4 Å². The number of nitrogens with zero attached hydrogens (tertiary/aromatic N) is 2. The van der Waals surface area contributed by atoms with Gasteiger partial charge in [0.05, 0.1) is 31.0 Å². The smallest absolute Gasteiger partial charge is 0.398 e. The summed E-state index contributed by atoms with van der Waals surface area (Å²) in [6, 6.07) is 44.1. The zero-order chi connectivity index (χ0) is 75.6. The molecule has 3 N–H and O–H groups in total. The Morgan fingerprint density at radius 2 is 0.856 bits per heavy atom. The second-order valence-electron chi connectivity index (χ2n) is 24.1. The molecule has 0 saturated heterocycles. The van der Waals surface area contributed by atoms with Crippen molar-refractivity contribution in [3.63, 3.8) is 0 Å². The number of nitro benzene ring substituents is 2. The summed E-state index contributed by atoms with van der Waals surface area (Å²) in [5.41, 5.74) is 17.5. The average Bonchev–Trinajstić information content (AvgIpc) is 1.19. The fourth-order valence-corrected chi connectivity index (χ4v) is 13.7. The molecule has 0 amide bonds. The summed E-state index contributed by atoms with van der Waals surface area (Å²) in [5.74, 6) is -0.741. The van der Waals surface area contributed by atoms with E-state index in [9.17, 15) is 75.3 Å². The molecule has 1 atom stereocenters. The van der Waals surface area contributed by atoms with Gasteiger partial charge in [-0.05, 0) is 234 Å². The number of nitro groups is 2. The van der Waals surface area contributed by atoms with Crippen molar-refractivity contribution < 1.29 is 65.0 Å². The van der Waals surface area contributed by atoms with Crippen LogP contribution in [0, 0.1) is 20.2 Å². The summed E-state index contributed by atoms with van der Waals surface area (Å²) in [5, 5.41) is 40.7. The molecule has 1 saturated carbocycles. The molecule has 12 rings (SSSR count). The second kappa shape index (κ2) is 36.4. The van der Waals surface area contributed by atoms with Gasteiger partial charge in [-0.15, -0.1) is 0 Å². The quantitative estimate of drug-likeness (QED) is 0.0225. The Morgan fingerprint density at radius 1 is 0.481 bits per heavy atom. The Kier molecular flexibility index (Phi) is 27.9. The van der Waals surface area contributed by atoms with Crippen molar-refractivity contribution in [2.24, 2.45) is 0 Å². The van der Waals surface area contributed by atoms with E-state index in [1.165, 1.54) is 92.7 Å². The number of ketones is 6. The number of anilines is 1. The number of carbonyl (C=O) groups is 6. The second-order valence-corrected chi connectivity index (χ2v) is 28.1. The molecule has 25 heteroatoms. The molecule has 1 aliphatic rings. The van der Waals surface area contributed by atoms with Gasteiger partial charge < -0.3 is 11.1 Å². The first-order valence-corrected chi connectivity index (χ1v) is 36.5. The third kappa shape index (κ3) is 23.0. The number of alkyl halides is 6. The lowest BCUT2D eigenvalue weighted by Gasteiger charge is -2.17. The molecule has 104 heavy (non-hydrogen) atoms. The Morgan fingerprint density at radius 3 is 1.26 bits per heavy atom. The number of benzene rings is 7. The maximum atomic E-state index is 13.0. The van der Waals surface area contributed by atoms with Crippen LogP contribution < -0.4 is 11.1 Å². The normalized spacial score (nSPS) is 11.9. The van der Waals surface area contributed by atoms with Crippen LogP contribution >= 0.6 is 61.3 Å². The van der Waals surface area contributed by atoms with Crippen molar-refractivity contribution in [1.82, 2.24) is 5.32 Å². The van der Waals surface area contributed by atoms with E-state index in [4.69, 9.17) is 5.73 Å². The molecule has 4 heterocycles. The van der Waals surface area contributed by atoms with Crippen LogP contribution in [-0.4, -0.2) is 50.6 Å². The van der Waals surface area contributed by atoms with Gasteiger partial charge >= 0.3 is 12.4 Å². The largest absolute Gasteiger partial charge is 0.416 e. The van der Waals surface area contributed by atoms with Crippen LogP contribution in [0.4, 0.5) is 43.4 Å². The molecule has 0 radical (unpaired) electrons. The number of Topliss-reactive ketones (excluding diaryl/α,β-unsaturated/α-hetero) is 6. The van der Waals surface area contributed by atoms with E-state index in [2.05, 4.69) is 46.4 Å². The number of rotatable bonds is 21. The van der Waals surface area contributed by atoms with E-state index in [0.717, 1.165) is 74.3 Å². The zero-order valence-corrected chi connectivity index (χ0v) is 61.3. The minimum absolute atomic E-state index is 0.0207. The first-order valence-electron chi connectivity index (χ1n) is 32.0. The van der Waals surface area contributed by atoms with E-state index in [0.29, 0.717) is 60.7 Å². The molecule has 0 aliphatic heterocycles. The summed E-state index contributed by atoms with van der Waals surface area (Å²) < 4.78 is 77.9. The summed E-state index contributed by atoms with van der Waals surface area (Å²) in [6.45, 7) is 7.87. The van der Waals surface area contributed by atoms with Crippen LogP contribution in [0.5, 0.6) is 0 Å². The first-order chi connectivity index (χ1) is 49.3. The molecule has 4 aromatic heterocycles. The van der Waals surface area contributed by atoms with Crippen molar-refractivity contribution in [2.75, 3.05) is 5.73 Å². The molecule has 0 spiro atoms. The van der Waals surface area contributed by atoms with Crippen LogP contribution in [0.1, 0.15) is 134 Å². The monoisotopic (exact) mass is 1550 g/mol. The van der Waals surface area contributed by atoms with Crippen LogP contribution in [0.3, 0.4) is 0 Å². The van der Waals surface area contributed by atoms with Gasteiger partial charge in [0.15, 0.2) is 23.1 Å². The standard InChI is InChI=1S/C25H24F3NOS.C22H17F3O2S.C12H9NO3S.C12H11NOS.C8H6BrNO3/c1-16(29-22-6-7-22)18-5-8-24(19-9-10-31-15-19)20(13-18)14-23(30)12-17-3-2-4-21(11-17)25(26,27)28;1-14(26)16-5-6-21(17-7-8-28-13-17)18(11-16)12-20(27)10-15-3-2-4-19(9-15)22(23,24)25;1-8(14)9-2-3-11(10-4-5-17-7-10)12(6-9)13(15)16;1-8(14)9-2-3-11(12(13)6-9)10-4-5-15-7-10;1-5(11)6-2-3-7(9)8(4-6)10(12)13/h2-5,8-11,13,15-16,22,29H,6-7,12,14H2,1H3;2-9,11,13H,10,12H2,1H3;2-7H,1H3;2-7H,13H2,1H3;2-4H,1H3. The number of hydrogen-bond acceptors (Lipinski definition) is 16. The van der Waals surface area contributed by atoms with Crippen molar-refractivity contribution in [2.45, 2.75) is 97.6 Å². The number of hydrogen-bond donors (Lipinski definition) is 2. The zero-order valence-electron chi connectivity index (χ0n) is 56.4. The average molecular weight is 1550 g/mol. The van der Waals surface area contributed by atoms with Gasteiger partial charge in [-0.3, -0.25) is 49.0 Å². The molecule has 7 aromatic carbocycles. The molecule has 11 aromatic rings. The van der Waals surface area contributed by atoms with Crippen molar-refractivity contribution >= 4 is 113 Å². The van der Waals surface area contributed by atoms with Gasteiger partial charge in [-0.1, -0.05) is 84.9 Å². The SMILES string of the molecule is CC(=O)c1ccc(-c2ccsc2)c(CC(=O)Cc2cccc(C(F)(F)F)c2)c1.CC(=O)c1ccc(-c2ccsc2)c(N)c1.CC(=O)c1ccc(-c2ccsc2)c([N+](=O)[O-])c1.CC(=O)c1ccc(Br)c([N+](=O)[O-])c1.CC(NC1CC1)c1ccc(-c2ccsc2)c(CC(=O)Cc2cccc(C(F)(F)F)c2)c1. The highest BCUT2D eigenvalue weighted by Crippen LogP contribution is 2.37. The number of thiophene rings is 4. The number of nitrogens with one attached hydrogen (secondary N) is 1. The highest BCUT2D eigenvalue weighted by atomic mass is 79.9. The Labute approximate surface area is 619 Å². The fraction of sp³-hybridized carbons (Fsp3) is 0.190. The maximum absolute atomic E-state index is 13.0. The molecule has 1 fully saturated rings. The third-order valence-electron chi connectivity index (χ3n) is 16.2. The third-order valence-corrected chi connectivity index (χ3v) is 19.6. The fourth-order valence-electron chi connectivity index (χ4n) is 10.7. The summed E-state index contributed by atoms with van der Waals surface area (Å²) in [6.07, 6.45) is -6.36. The number of carbonyl (C=O) groups excluding carboxylic acids is 6. The highest BCUT2D eigenvalue weighted by Gasteiger charge is 2.32. The maximum Gasteiger partial charge on any atom is 0.416 e. The van der Waals surface area contributed by atoms with E-state index in [1.54, 1.807) is 72.1 Å². The van der Waals surface area contributed by atoms with Crippen LogP contribution in [0.25, 0.3) is 44.5 Å². The van der Waals surface area contributed by atoms with Gasteiger partial charge in [-0.2, -0.15) is 71.7 Å². The van der Waals surface area contributed by atoms with Gasteiger partial charge in [0.25, 0.3) is 11.4 Å². The van der Waals surface area contributed by atoms with E-state index in [1.807, 2.05) is 85.5 Å². The number of halogens is 7. The van der Waals surface area contributed by atoms with Gasteiger partial charge in [0.2, 0.25) is 0 Å². The van der Waals surface area contributed by atoms with Crippen molar-refractivity contribution in [1.29, 1.82) is 0 Å². The van der Waals surface area contributed by atoms with Crippen molar-refractivity contribution in [3.8, 4) is 44.5 Å². The summed E-state index contributed by atoms with van der Waals surface area (Å²) >= 11 is 9.25. The van der Waals surface area contributed by atoms with E-state index in [-0.39, 0.29) is 77.8 Å². The number of nitrogens with two attached hydrogens (primary N) is 1. The van der Waals surface area contributed by atoms with E-state index < -0.39 is 33.3 Å². The molecular weight excluding hydrogens is 1490 g/mol. The van der Waals surface area contributed by atoms with Crippen LogP contribution in [0.15, 0.2) is 211 Å². The summed E-state index contributed by atoms with van der Waals surface area (Å²) in [4.78, 5) is 90.8. The molecule has 1 aliphatic carbocycles. The van der Waals surface area contributed by atoms with Crippen LogP contribution in [-0.2, 0) is 47.6 Å². The lowest BCUT2D eigenvalue weighted by atomic mass is 9.92. The van der Waals surface area contributed by atoms with E-state index >= 15 is 0 Å². The number of nitrogen functional groups attached to an aromatic ring is 1. The van der Waals surface area contributed by atoms with Gasteiger partial charge in [0.1, 0.15) is 11.6 Å². The lowest BCUT2D eigenvalue weighted by molar-refractivity contribution is -0.385. The minimum Gasteiger partial charge on any atom is -0.398 e. The topological polar surface area (TPSA) is 227 Å². The first kappa shape index (κ1) is 79.7. The Balaban J connectivity index is 0.000000171. The molecule has 0 bridgehead atoms. The molecular formula is C79H67BrF6N4O10S4. The molecule has 1 unspecified atom stereocenters. The highest BCUT2D eigenvalue weighted by molar-refractivity contribution is 9.10. The summed E-state index contributed by atoms with van der Waals surface area (Å²) in [7, 11) is 0. The van der Waals surface area contributed by atoms with Crippen molar-refractivity contribution in [3.05, 3.63) is 293 Å². The Hall–Kier alpha value is -10.0. The lowest BCUT2D eigenvalue weighted by Crippen LogP contribution is -2.21. The predicted molar refractivity (Wildman–Crippen MR) is 403 cm³/mol. The predicted octanol–water partition coefficient (Wildman–Crippen LogP) is 21.9. The van der Waals surface area contributed by atoms with Gasteiger partial charge in [-0.25, -0.2) is 0 Å².